The minimum absolute atomic E-state index is 0.0495. The first-order chi connectivity index (χ1) is 12.7. The Bertz CT molecular complexity index is 855. The molecule has 1 amide bonds. The lowest BCUT2D eigenvalue weighted by Crippen LogP contribution is -2.37. The molecule has 0 saturated heterocycles. The number of aliphatic hydroxyl groups is 1. The van der Waals surface area contributed by atoms with Crippen LogP contribution >= 0.6 is 11.6 Å². The minimum Gasteiger partial charge on any atom is -0.387 e. The van der Waals surface area contributed by atoms with Gasteiger partial charge in [0.1, 0.15) is 11.6 Å². The largest absolute Gasteiger partial charge is 0.387 e. The smallest absolute Gasteiger partial charge is 0.306 e. The number of amides is 1. The highest BCUT2D eigenvalue weighted by atomic mass is 35.5. The summed E-state index contributed by atoms with van der Waals surface area (Å²) in [5.41, 5.74) is 1.46. The van der Waals surface area contributed by atoms with Crippen molar-refractivity contribution in [1.29, 1.82) is 0 Å². The summed E-state index contributed by atoms with van der Waals surface area (Å²) >= 11 is 5.74. The fourth-order valence-corrected chi connectivity index (χ4v) is 3.29. The summed E-state index contributed by atoms with van der Waals surface area (Å²) in [4.78, 5) is 13.8. The van der Waals surface area contributed by atoms with Gasteiger partial charge >= 0.3 is 10.1 Å². The number of carbonyl (C=O) groups excluding carboxylic acids is 1. The molecule has 0 spiro atoms. The molecule has 0 fully saturated rings. The van der Waals surface area contributed by atoms with Crippen molar-refractivity contribution < 1.29 is 22.5 Å². The van der Waals surface area contributed by atoms with Crippen molar-refractivity contribution in [3.05, 3.63) is 65.7 Å². The molecule has 0 heterocycles. The van der Waals surface area contributed by atoms with E-state index in [-0.39, 0.29) is 30.1 Å². The van der Waals surface area contributed by atoms with E-state index in [1.807, 2.05) is 37.3 Å². The minimum atomic E-state index is -3.62. The van der Waals surface area contributed by atoms with Crippen LogP contribution in [0.4, 0.5) is 0 Å². The molecule has 2 aromatic carbocycles. The summed E-state index contributed by atoms with van der Waals surface area (Å²) in [6, 6.07) is 15.2. The van der Waals surface area contributed by atoms with Crippen LogP contribution in [0.2, 0.25) is 0 Å². The molecule has 27 heavy (non-hydrogen) atoms. The second kappa shape index (κ2) is 9.21. The van der Waals surface area contributed by atoms with Crippen LogP contribution in [-0.4, -0.2) is 43.0 Å². The van der Waals surface area contributed by atoms with Crippen LogP contribution in [0.1, 0.15) is 30.2 Å². The molecule has 0 unspecified atom stereocenters. The molecule has 2 atom stereocenters. The number of hydrogen-bond acceptors (Lipinski definition) is 5. The molecule has 0 bridgehead atoms. The van der Waals surface area contributed by atoms with Gasteiger partial charge in [0.25, 0.3) is 0 Å². The van der Waals surface area contributed by atoms with Gasteiger partial charge in [0.05, 0.1) is 24.9 Å². The summed E-state index contributed by atoms with van der Waals surface area (Å²) in [6.07, 6.45) is -0.00766. The molecule has 0 saturated carbocycles. The number of rotatable bonds is 8. The first-order valence-electron chi connectivity index (χ1n) is 8.29. The number of carbonyl (C=O) groups is 1. The highest BCUT2D eigenvalue weighted by Crippen LogP contribution is 2.25. The summed E-state index contributed by atoms with van der Waals surface area (Å²) < 4.78 is 27.1. The normalized spacial score (nSPS) is 13.6. The lowest BCUT2D eigenvalue weighted by molar-refractivity contribution is -0.132. The van der Waals surface area contributed by atoms with Gasteiger partial charge in [-0.1, -0.05) is 42.5 Å². The molecule has 0 aliphatic heterocycles. The summed E-state index contributed by atoms with van der Waals surface area (Å²) in [7, 11) is -3.62. The van der Waals surface area contributed by atoms with E-state index in [9.17, 15) is 18.3 Å². The van der Waals surface area contributed by atoms with E-state index in [0.29, 0.717) is 5.56 Å². The van der Waals surface area contributed by atoms with Crippen LogP contribution in [0.25, 0.3) is 0 Å². The number of hydrogen-bond donors (Lipinski definition) is 1. The Morgan fingerprint density at radius 1 is 1.11 bits per heavy atom. The summed E-state index contributed by atoms with van der Waals surface area (Å²) in [5, 5.41) is 10.6. The fourth-order valence-electron chi connectivity index (χ4n) is 2.68. The van der Waals surface area contributed by atoms with E-state index in [1.165, 1.54) is 17.0 Å². The standard InChI is InChI=1S/C19H22ClNO5S/c1-14(15-6-4-3-5-7-15)21(19(23)12-20)13-18(22)16-8-10-17(11-9-16)26-27(2,24)25/h3-11,14,18,22H,12-13H2,1-2H3/t14-,18-/m0/s1. The first-order valence-corrected chi connectivity index (χ1v) is 10.6. The molecule has 2 aromatic rings. The average Bonchev–Trinajstić information content (AvgIpc) is 2.64. The van der Waals surface area contributed by atoms with Crippen molar-refractivity contribution in [2.45, 2.75) is 19.1 Å². The third kappa shape index (κ3) is 6.23. The molecule has 0 aliphatic rings. The average molecular weight is 412 g/mol. The SMILES string of the molecule is C[C@@H](c1ccccc1)N(C[C@H](O)c1ccc(OS(C)(=O)=O)cc1)C(=O)CCl. The molecule has 2 rings (SSSR count). The van der Waals surface area contributed by atoms with Gasteiger partial charge in [0, 0.05) is 0 Å². The molecule has 0 aromatic heterocycles. The molecule has 8 heteroatoms. The Kier molecular flexibility index (Phi) is 7.24. The van der Waals surface area contributed by atoms with Crippen molar-refractivity contribution in [2.75, 3.05) is 18.7 Å². The van der Waals surface area contributed by atoms with E-state index in [4.69, 9.17) is 15.8 Å². The van der Waals surface area contributed by atoms with Gasteiger partial charge in [-0.15, -0.1) is 11.6 Å². The number of benzene rings is 2. The predicted molar refractivity (Wildman–Crippen MR) is 104 cm³/mol. The maximum atomic E-state index is 12.3. The van der Waals surface area contributed by atoms with Crippen LogP contribution in [0.5, 0.6) is 5.75 Å². The second-order valence-corrected chi connectivity index (χ2v) is 7.98. The highest BCUT2D eigenvalue weighted by Gasteiger charge is 2.24. The van der Waals surface area contributed by atoms with Gasteiger partial charge in [-0.05, 0) is 30.2 Å². The molecular formula is C19H22ClNO5S. The first kappa shape index (κ1) is 21.2. The zero-order chi connectivity index (χ0) is 20.0. The topological polar surface area (TPSA) is 83.9 Å². The van der Waals surface area contributed by atoms with Crippen molar-refractivity contribution in [3.8, 4) is 5.75 Å². The van der Waals surface area contributed by atoms with Gasteiger partial charge in [-0.2, -0.15) is 8.42 Å². The fraction of sp³-hybridized carbons (Fsp3) is 0.316. The number of halogens is 1. The van der Waals surface area contributed by atoms with Crippen LogP contribution in [0.15, 0.2) is 54.6 Å². The molecule has 6 nitrogen and oxygen atoms in total. The molecule has 146 valence electrons. The van der Waals surface area contributed by atoms with Gasteiger partial charge in [0.15, 0.2) is 0 Å². The third-order valence-electron chi connectivity index (χ3n) is 4.07. The maximum absolute atomic E-state index is 12.3. The van der Waals surface area contributed by atoms with Gasteiger partial charge in [-0.3, -0.25) is 4.79 Å². The lowest BCUT2D eigenvalue weighted by Gasteiger charge is -2.31. The monoisotopic (exact) mass is 411 g/mol. The zero-order valence-electron chi connectivity index (χ0n) is 15.1. The van der Waals surface area contributed by atoms with E-state index >= 15 is 0 Å². The Balaban J connectivity index is 2.16. The van der Waals surface area contributed by atoms with Crippen molar-refractivity contribution in [1.82, 2.24) is 4.90 Å². The highest BCUT2D eigenvalue weighted by molar-refractivity contribution is 7.86. The molecule has 0 radical (unpaired) electrons. The predicted octanol–water partition coefficient (Wildman–Crippen LogP) is 2.89. The molecule has 1 N–H and O–H groups in total. The Morgan fingerprint density at radius 3 is 2.22 bits per heavy atom. The van der Waals surface area contributed by atoms with Crippen LogP contribution in [-0.2, 0) is 14.9 Å². The van der Waals surface area contributed by atoms with E-state index in [2.05, 4.69) is 0 Å². The van der Waals surface area contributed by atoms with E-state index < -0.39 is 16.2 Å². The lowest BCUT2D eigenvalue weighted by atomic mass is 10.0. The second-order valence-electron chi connectivity index (χ2n) is 6.14. The third-order valence-corrected chi connectivity index (χ3v) is 4.79. The summed E-state index contributed by atoms with van der Waals surface area (Å²) in [6.45, 7) is 1.92. The number of aliphatic hydroxyl groups excluding tert-OH is 1. The number of alkyl halides is 1. The quantitative estimate of drug-likeness (QED) is 0.533. The Hall–Kier alpha value is -2.09. The van der Waals surface area contributed by atoms with Crippen molar-refractivity contribution in [3.63, 3.8) is 0 Å². The van der Waals surface area contributed by atoms with E-state index in [1.54, 1.807) is 12.1 Å². The Morgan fingerprint density at radius 2 is 1.70 bits per heavy atom. The van der Waals surface area contributed by atoms with Crippen molar-refractivity contribution >= 4 is 27.6 Å². The molecular weight excluding hydrogens is 390 g/mol. The van der Waals surface area contributed by atoms with Gasteiger partial charge in [0.2, 0.25) is 5.91 Å². The van der Waals surface area contributed by atoms with Gasteiger partial charge in [-0.25, -0.2) is 0 Å². The number of nitrogens with zero attached hydrogens (tertiary/aromatic N) is 1. The van der Waals surface area contributed by atoms with Crippen LogP contribution in [0.3, 0.4) is 0 Å². The van der Waals surface area contributed by atoms with E-state index in [0.717, 1.165) is 11.8 Å². The summed E-state index contributed by atoms with van der Waals surface area (Å²) in [5.74, 6) is -0.325. The Labute approximate surface area is 164 Å². The van der Waals surface area contributed by atoms with Crippen LogP contribution < -0.4 is 4.18 Å². The maximum Gasteiger partial charge on any atom is 0.306 e. The van der Waals surface area contributed by atoms with Gasteiger partial charge < -0.3 is 14.2 Å². The van der Waals surface area contributed by atoms with Crippen LogP contribution in [0, 0.1) is 0 Å². The zero-order valence-corrected chi connectivity index (χ0v) is 16.7. The van der Waals surface area contributed by atoms with Crippen molar-refractivity contribution in [2.24, 2.45) is 0 Å². The molecule has 0 aliphatic carbocycles.